The summed E-state index contributed by atoms with van der Waals surface area (Å²) in [4.78, 5) is 12.6. The largest absolute Gasteiger partial charge is 0.324 e. The van der Waals surface area contributed by atoms with E-state index in [9.17, 15) is 17.6 Å². The van der Waals surface area contributed by atoms with E-state index in [1.54, 1.807) is 42.5 Å². The van der Waals surface area contributed by atoms with Crippen LogP contribution in [0.2, 0.25) is 5.02 Å². The van der Waals surface area contributed by atoms with Gasteiger partial charge in [0.05, 0.1) is 10.6 Å². The number of carbonyl (C=O) groups excluding carboxylic acids is 1. The number of carbonyl (C=O) groups is 1. The van der Waals surface area contributed by atoms with Crippen molar-refractivity contribution in [3.05, 3.63) is 88.7 Å². The molecule has 1 N–H and O–H groups in total. The van der Waals surface area contributed by atoms with Crippen molar-refractivity contribution in [1.82, 2.24) is 0 Å². The lowest BCUT2D eigenvalue weighted by Crippen LogP contribution is -2.38. The Morgan fingerprint density at radius 2 is 1.63 bits per heavy atom. The van der Waals surface area contributed by atoms with Gasteiger partial charge in [0.2, 0.25) is 5.91 Å². The molecule has 0 aromatic heterocycles. The Kier molecular flexibility index (Phi) is 6.43. The minimum atomic E-state index is -4.11. The number of sulfonamides is 1. The van der Waals surface area contributed by atoms with Crippen LogP contribution < -0.4 is 9.62 Å². The standard InChI is InChI=1S/C22H20ClFN2O3S/c1-15-3-9-19(10-4-15)26(30(28,29)20-11-6-17(24)7-12-20)14-22(27)25-18-8-5-16(2)21(23)13-18/h3-13H,14H2,1-2H3,(H,25,27). The third kappa shape index (κ3) is 4.98. The minimum absolute atomic E-state index is 0.115. The highest BCUT2D eigenvalue weighted by molar-refractivity contribution is 7.92. The van der Waals surface area contributed by atoms with E-state index in [1.165, 1.54) is 12.1 Å². The lowest BCUT2D eigenvalue weighted by Gasteiger charge is -2.24. The first-order valence-corrected chi connectivity index (χ1v) is 10.9. The predicted molar refractivity (Wildman–Crippen MR) is 117 cm³/mol. The molecule has 30 heavy (non-hydrogen) atoms. The van der Waals surface area contributed by atoms with E-state index < -0.39 is 28.3 Å². The Morgan fingerprint density at radius 1 is 1.00 bits per heavy atom. The van der Waals surface area contributed by atoms with E-state index in [0.29, 0.717) is 16.4 Å². The van der Waals surface area contributed by atoms with Crippen LogP contribution in [0.15, 0.2) is 71.6 Å². The first-order chi connectivity index (χ1) is 14.2. The van der Waals surface area contributed by atoms with Crippen LogP contribution in [0.1, 0.15) is 11.1 Å². The van der Waals surface area contributed by atoms with E-state index >= 15 is 0 Å². The fraction of sp³-hybridized carbons (Fsp3) is 0.136. The number of benzene rings is 3. The number of amides is 1. The number of hydrogen-bond acceptors (Lipinski definition) is 3. The van der Waals surface area contributed by atoms with Gasteiger partial charge in [0.15, 0.2) is 0 Å². The van der Waals surface area contributed by atoms with Gasteiger partial charge in [-0.1, -0.05) is 35.4 Å². The summed E-state index contributed by atoms with van der Waals surface area (Å²) in [7, 11) is -4.11. The molecule has 3 aromatic rings. The molecule has 0 aliphatic rings. The Hall–Kier alpha value is -2.90. The number of anilines is 2. The molecule has 0 bridgehead atoms. The highest BCUT2D eigenvalue weighted by atomic mass is 35.5. The fourth-order valence-electron chi connectivity index (χ4n) is 2.76. The van der Waals surface area contributed by atoms with Crippen molar-refractivity contribution in [2.75, 3.05) is 16.2 Å². The van der Waals surface area contributed by atoms with Crippen LogP contribution in [-0.4, -0.2) is 20.9 Å². The monoisotopic (exact) mass is 446 g/mol. The second-order valence-electron chi connectivity index (χ2n) is 6.81. The lowest BCUT2D eigenvalue weighted by molar-refractivity contribution is -0.114. The number of nitrogens with zero attached hydrogens (tertiary/aromatic N) is 1. The van der Waals surface area contributed by atoms with Crippen molar-refractivity contribution >= 4 is 38.9 Å². The molecule has 0 spiro atoms. The Bertz CT molecular complexity index is 1160. The van der Waals surface area contributed by atoms with Gasteiger partial charge in [0, 0.05) is 10.7 Å². The molecule has 3 aromatic carbocycles. The van der Waals surface area contributed by atoms with Crippen LogP contribution in [0, 0.1) is 19.7 Å². The van der Waals surface area contributed by atoms with Crippen molar-refractivity contribution < 1.29 is 17.6 Å². The molecule has 3 rings (SSSR count). The lowest BCUT2D eigenvalue weighted by atomic mass is 10.2. The van der Waals surface area contributed by atoms with Crippen LogP contribution in [-0.2, 0) is 14.8 Å². The maximum absolute atomic E-state index is 13.3. The minimum Gasteiger partial charge on any atom is -0.324 e. The highest BCUT2D eigenvalue weighted by Gasteiger charge is 2.27. The number of aryl methyl sites for hydroxylation is 2. The van der Waals surface area contributed by atoms with Gasteiger partial charge in [-0.25, -0.2) is 12.8 Å². The Balaban J connectivity index is 1.93. The van der Waals surface area contributed by atoms with Crippen LogP contribution >= 0.6 is 11.6 Å². The molecule has 0 aliphatic heterocycles. The molecule has 156 valence electrons. The molecule has 0 saturated heterocycles. The summed E-state index contributed by atoms with van der Waals surface area (Å²) < 4.78 is 40.7. The van der Waals surface area contributed by atoms with E-state index in [2.05, 4.69) is 5.32 Å². The molecular formula is C22H20ClFN2O3S. The van der Waals surface area contributed by atoms with Crippen LogP contribution in [0.25, 0.3) is 0 Å². The first kappa shape index (κ1) is 21.8. The molecule has 1 amide bonds. The van der Waals surface area contributed by atoms with Crippen LogP contribution in [0.5, 0.6) is 0 Å². The predicted octanol–water partition coefficient (Wildman–Crippen LogP) is 4.93. The second kappa shape index (κ2) is 8.85. The molecule has 0 saturated carbocycles. The van der Waals surface area contributed by atoms with Gasteiger partial charge in [0.25, 0.3) is 10.0 Å². The topological polar surface area (TPSA) is 66.5 Å². The zero-order valence-corrected chi connectivity index (χ0v) is 18.0. The van der Waals surface area contributed by atoms with Crippen molar-refractivity contribution in [2.45, 2.75) is 18.7 Å². The van der Waals surface area contributed by atoms with E-state index in [4.69, 9.17) is 11.6 Å². The quantitative estimate of drug-likeness (QED) is 0.583. The highest BCUT2D eigenvalue weighted by Crippen LogP contribution is 2.25. The molecule has 8 heteroatoms. The van der Waals surface area contributed by atoms with Crippen molar-refractivity contribution in [2.24, 2.45) is 0 Å². The third-order valence-electron chi connectivity index (χ3n) is 4.47. The maximum atomic E-state index is 13.3. The van der Waals surface area contributed by atoms with Crippen LogP contribution in [0.3, 0.4) is 0 Å². The van der Waals surface area contributed by atoms with Gasteiger partial charge in [-0.05, 0) is 67.9 Å². The fourth-order valence-corrected chi connectivity index (χ4v) is 4.36. The first-order valence-electron chi connectivity index (χ1n) is 9.08. The van der Waals surface area contributed by atoms with Gasteiger partial charge in [-0.15, -0.1) is 0 Å². The molecule has 0 radical (unpaired) electrons. The molecule has 0 aliphatic carbocycles. The Labute approximate surface area is 180 Å². The third-order valence-corrected chi connectivity index (χ3v) is 6.66. The normalized spacial score (nSPS) is 11.2. The summed E-state index contributed by atoms with van der Waals surface area (Å²) in [5.41, 5.74) is 2.58. The molecule has 0 fully saturated rings. The average molecular weight is 447 g/mol. The molecule has 0 heterocycles. The van der Waals surface area contributed by atoms with Crippen molar-refractivity contribution in [3.63, 3.8) is 0 Å². The number of hydrogen-bond donors (Lipinski definition) is 1. The Morgan fingerprint density at radius 3 is 2.23 bits per heavy atom. The van der Waals surface area contributed by atoms with Gasteiger partial charge in [-0.3, -0.25) is 9.10 Å². The van der Waals surface area contributed by atoms with E-state index in [1.807, 2.05) is 13.8 Å². The van der Waals surface area contributed by atoms with Crippen molar-refractivity contribution in [3.8, 4) is 0 Å². The van der Waals surface area contributed by atoms with Gasteiger partial charge in [0.1, 0.15) is 12.4 Å². The summed E-state index contributed by atoms with van der Waals surface area (Å²) in [6, 6.07) is 16.2. The van der Waals surface area contributed by atoms with E-state index in [0.717, 1.165) is 27.6 Å². The maximum Gasteiger partial charge on any atom is 0.264 e. The number of halogens is 2. The summed E-state index contributed by atoms with van der Waals surface area (Å²) in [5, 5.41) is 3.15. The number of nitrogens with one attached hydrogen (secondary N) is 1. The molecular weight excluding hydrogens is 427 g/mol. The SMILES string of the molecule is Cc1ccc(N(CC(=O)Nc2ccc(C)c(Cl)c2)S(=O)(=O)c2ccc(F)cc2)cc1. The zero-order valence-electron chi connectivity index (χ0n) is 16.4. The zero-order chi connectivity index (χ0) is 21.9. The molecule has 0 unspecified atom stereocenters. The van der Waals surface area contributed by atoms with E-state index in [-0.39, 0.29) is 4.90 Å². The molecule has 0 atom stereocenters. The van der Waals surface area contributed by atoms with Gasteiger partial charge >= 0.3 is 0 Å². The summed E-state index contributed by atoms with van der Waals surface area (Å²) in [6.07, 6.45) is 0. The summed E-state index contributed by atoms with van der Waals surface area (Å²) >= 11 is 6.09. The second-order valence-corrected chi connectivity index (χ2v) is 9.08. The number of rotatable bonds is 6. The van der Waals surface area contributed by atoms with Crippen molar-refractivity contribution in [1.29, 1.82) is 0 Å². The molecule has 5 nitrogen and oxygen atoms in total. The average Bonchev–Trinajstić information content (AvgIpc) is 2.70. The smallest absolute Gasteiger partial charge is 0.264 e. The summed E-state index contributed by atoms with van der Waals surface area (Å²) in [5.74, 6) is -1.09. The van der Waals surface area contributed by atoms with Crippen LogP contribution in [0.4, 0.5) is 15.8 Å². The van der Waals surface area contributed by atoms with Gasteiger partial charge in [-0.2, -0.15) is 0 Å². The van der Waals surface area contributed by atoms with Gasteiger partial charge < -0.3 is 5.32 Å². The summed E-state index contributed by atoms with van der Waals surface area (Å²) in [6.45, 7) is 3.24.